The van der Waals surface area contributed by atoms with Gasteiger partial charge in [0.25, 0.3) is 0 Å². The highest BCUT2D eigenvalue weighted by Crippen LogP contribution is 2.38. The van der Waals surface area contributed by atoms with Crippen molar-refractivity contribution in [2.45, 2.75) is 30.8 Å². The number of likely N-dealkylation sites (N-methyl/N-ethyl adjacent to an activating group) is 1. The molecule has 0 unspecified atom stereocenters. The van der Waals surface area contributed by atoms with Crippen molar-refractivity contribution < 1.29 is 31.1 Å². The molecule has 0 aliphatic carbocycles. The molecular formula is C21H20F6N2O. The van der Waals surface area contributed by atoms with Crippen molar-refractivity contribution in [2.24, 2.45) is 0 Å². The SMILES string of the molecule is CN1C[C@@](COCc2cc(C(F)(F)F)cc(C(F)(F)F)c2)(c2ccccc2)CC1=N. The Morgan fingerprint density at radius 3 is 2.00 bits per heavy atom. The Labute approximate surface area is 169 Å². The van der Waals surface area contributed by atoms with Crippen LogP contribution in [0.25, 0.3) is 0 Å². The third kappa shape index (κ3) is 4.77. The average Bonchev–Trinajstić information content (AvgIpc) is 2.96. The van der Waals surface area contributed by atoms with Crippen LogP contribution in [0.4, 0.5) is 26.3 Å². The van der Waals surface area contributed by atoms with E-state index >= 15 is 0 Å². The Kier molecular flexibility index (Phi) is 5.86. The lowest BCUT2D eigenvalue weighted by Crippen LogP contribution is -2.34. The molecule has 0 aromatic heterocycles. The van der Waals surface area contributed by atoms with Gasteiger partial charge in [0.05, 0.1) is 30.2 Å². The number of hydrogen-bond acceptors (Lipinski definition) is 2. The van der Waals surface area contributed by atoms with E-state index < -0.39 is 35.5 Å². The lowest BCUT2D eigenvalue weighted by Gasteiger charge is -2.29. The fourth-order valence-corrected chi connectivity index (χ4v) is 3.69. The predicted molar refractivity (Wildman–Crippen MR) is 99.2 cm³/mol. The molecule has 1 aliphatic rings. The predicted octanol–water partition coefficient (Wildman–Crippen LogP) is 5.49. The van der Waals surface area contributed by atoms with Gasteiger partial charge in [0.2, 0.25) is 0 Å². The lowest BCUT2D eigenvalue weighted by atomic mass is 9.80. The fourth-order valence-electron chi connectivity index (χ4n) is 3.69. The fraction of sp³-hybridized carbons (Fsp3) is 0.381. The van der Waals surface area contributed by atoms with Gasteiger partial charge in [-0.3, -0.25) is 5.41 Å². The van der Waals surface area contributed by atoms with Crippen LogP contribution in [0, 0.1) is 5.41 Å². The minimum atomic E-state index is -4.90. The molecule has 2 aromatic carbocycles. The largest absolute Gasteiger partial charge is 0.416 e. The number of benzene rings is 2. The number of nitrogens with zero attached hydrogens (tertiary/aromatic N) is 1. The molecule has 30 heavy (non-hydrogen) atoms. The van der Waals surface area contributed by atoms with Crippen molar-refractivity contribution in [3.63, 3.8) is 0 Å². The second-order valence-corrected chi connectivity index (χ2v) is 7.53. The molecule has 1 heterocycles. The number of amidine groups is 1. The zero-order valence-electron chi connectivity index (χ0n) is 16.1. The monoisotopic (exact) mass is 430 g/mol. The van der Waals surface area contributed by atoms with Gasteiger partial charge in [-0.05, 0) is 29.3 Å². The molecule has 162 valence electrons. The summed E-state index contributed by atoms with van der Waals surface area (Å²) in [6, 6.07) is 10.7. The Balaban J connectivity index is 1.83. The van der Waals surface area contributed by atoms with Crippen LogP contribution in [0.15, 0.2) is 48.5 Å². The molecule has 0 saturated carbocycles. The van der Waals surface area contributed by atoms with E-state index in [2.05, 4.69) is 0 Å². The smallest absolute Gasteiger partial charge is 0.376 e. The van der Waals surface area contributed by atoms with Crippen LogP contribution in [-0.4, -0.2) is 30.9 Å². The molecule has 0 amide bonds. The third-order valence-electron chi connectivity index (χ3n) is 5.19. The second kappa shape index (κ2) is 7.94. The first-order valence-corrected chi connectivity index (χ1v) is 9.11. The molecule has 1 aliphatic heterocycles. The standard InChI is InChI=1S/C21H20F6N2O/c1-29-12-19(10-18(29)28,15-5-3-2-4-6-15)13-30-11-14-7-16(20(22,23)24)9-17(8-14)21(25,26)27/h2-9,28H,10-13H2,1H3/t19-/m0/s1. The molecular weight excluding hydrogens is 410 g/mol. The summed E-state index contributed by atoms with van der Waals surface area (Å²) in [6.45, 7) is 0.117. The number of nitrogens with one attached hydrogen (secondary N) is 1. The van der Waals surface area contributed by atoms with Gasteiger partial charge in [-0.15, -0.1) is 0 Å². The van der Waals surface area contributed by atoms with Crippen molar-refractivity contribution in [1.82, 2.24) is 4.90 Å². The van der Waals surface area contributed by atoms with Gasteiger partial charge in [0.15, 0.2) is 0 Å². The number of rotatable bonds is 5. The number of hydrogen-bond donors (Lipinski definition) is 1. The summed E-state index contributed by atoms with van der Waals surface area (Å²) < 4.78 is 83.8. The van der Waals surface area contributed by atoms with Gasteiger partial charge in [0, 0.05) is 25.4 Å². The Bertz CT molecular complexity index is 878. The van der Waals surface area contributed by atoms with E-state index in [0.717, 1.165) is 5.56 Å². The molecule has 0 spiro atoms. The Hall–Kier alpha value is -2.55. The highest BCUT2D eigenvalue weighted by molar-refractivity contribution is 5.83. The first kappa shape index (κ1) is 22.1. The van der Waals surface area contributed by atoms with Crippen molar-refractivity contribution in [2.75, 3.05) is 20.2 Å². The maximum absolute atomic E-state index is 13.0. The molecule has 0 radical (unpaired) electrons. The third-order valence-corrected chi connectivity index (χ3v) is 5.19. The number of alkyl halides is 6. The summed E-state index contributed by atoms with van der Waals surface area (Å²) in [5, 5.41) is 8.07. The van der Waals surface area contributed by atoms with E-state index in [0.29, 0.717) is 30.9 Å². The van der Waals surface area contributed by atoms with Crippen LogP contribution >= 0.6 is 0 Å². The Morgan fingerprint density at radius 2 is 1.53 bits per heavy atom. The maximum Gasteiger partial charge on any atom is 0.416 e. The summed E-state index contributed by atoms with van der Waals surface area (Å²) in [5.41, 5.74) is -2.63. The van der Waals surface area contributed by atoms with Crippen molar-refractivity contribution >= 4 is 5.84 Å². The van der Waals surface area contributed by atoms with Gasteiger partial charge in [-0.2, -0.15) is 26.3 Å². The first-order chi connectivity index (χ1) is 13.9. The number of likely N-dealkylation sites (tertiary alicyclic amines) is 1. The molecule has 9 heteroatoms. The molecule has 3 rings (SSSR count). The van der Waals surface area contributed by atoms with E-state index in [-0.39, 0.29) is 18.2 Å². The van der Waals surface area contributed by atoms with Gasteiger partial charge in [-0.1, -0.05) is 30.3 Å². The van der Waals surface area contributed by atoms with Gasteiger partial charge in [0.1, 0.15) is 0 Å². The average molecular weight is 430 g/mol. The molecule has 1 fully saturated rings. The normalized spacial score (nSPS) is 20.1. The van der Waals surface area contributed by atoms with Crippen molar-refractivity contribution in [3.05, 3.63) is 70.8 Å². The maximum atomic E-state index is 13.0. The zero-order valence-corrected chi connectivity index (χ0v) is 16.1. The summed E-state index contributed by atoms with van der Waals surface area (Å²) in [7, 11) is 1.76. The van der Waals surface area contributed by atoms with E-state index in [4.69, 9.17) is 10.1 Å². The minimum Gasteiger partial charge on any atom is -0.376 e. The van der Waals surface area contributed by atoms with E-state index in [1.807, 2.05) is 30.3 Å². The molecule has 0 bridgehead atoms. The summed E-state index contributed by atoms with van der Waals surface area (Å²) in [4.78, 5) is 1.75. The van der Waals surface area contributed by atoms with Crippen LogP contribution in [0.5, 0.6) is 0 Å². The molecule has 1 atom stereocenters. The Morgan fingerprint density at radius 1 is 0.967 bits per heavy atom. The topological polar surface area (TPSA) is 36.3 Å². The molecule has 2 aromatic rings. The van der Waals surface area contributed by atoms with Crippen molar-refractivity contribution in [1.29, 1.82) is 5.41 Å². The summed E-state index contributed by atoms with van der Waals surface area (Å²) >= 11 is 0. The van der Waals surface area contributed by atoms with Crippen LogP contribution in [0.2, 0.25) is 0 Å². The highest BCUT2D eigenvalue weighted by Gasteiger charge is 2.42. The van der Waals surface area contributed by atoms with E-state index in [9.17, 15) is 26.3 Å². The van der Waals surface area contributed by atoms with E-state index in [1.165, 1.54) is 0 Å². The van der Waals surface area contributed by atoms with Crippen LogP contribution in [0.1, 0.15) is 28.7 Å². The molecule has 1 N–H and O–H groups in total. The summed E-state index contributed by atoms with van der Waals surface area (Å²) in [6.07, 6.45) is -9.43. The summed E-state index contributed by atoms with van der Waals surface area (Å²) in [5.74, 6) is 0.390. The van der Waals surface area contributed by atoms with Gasteiger partial charge < -0.3 is 9.64 Å². The van der Waals surface area contributed by atoms with Crippen molar-refractivity contribution in [3.8, 4) is 0 Å². The number of ether oxygens (including phenoxy) is 1. The van der Waals surface area contributed by atoms with Crippen LogP contribution in [-0.2, 0) is 29.1 Å². The van der Waals surface area contributed by atoms with Crippen LogP contribution in [0.3, 0.4) is 0 Å². The lowest BCUT2D eigenvalue weighted by molar-refractivity contribution is -0.143. The quantitative estimate of drug-likeness (QED) is 0.637. The van der Waals surface area contributed by atoms with Crippen LogP contribution < -0.4 is 0 Å². The second-order valence-electron chi connectivity index (χ2n) is 7.53. The highest BCUT2D eigenvalue weighted by atomic mass is 19.4. The zero-order chi connectivity index (χ0) is 22.2. The van der Waals surface area contributed by atoms with Gasteiger partial charge >= 0.3 is 12.4 Å². The van der Waals surface area contributed by atoms with Gasteiger partial charge in [-0.25, -0.2) is 0 Å². The molecule has 1 saturated heterocycles. The molecule has 3 nitrogen and oxygen atoms in total. The number of halogens is 6. The minimum absolute atomic E-state index is 0.0569. The first-order valence-electron chi connectivity index (χ1n) is 9.11. The van der Waals surface area contributed by atoms with E-state index in [1.54, 1.807) is 11.9 Å².